The van der Waals surface area contributed by atoms with Gasteiger partial charge in [-0.2, -0.15) is 0 Å². The second kappa shape index (κ2) is 8.62. The van der Waals surface area contributed by atoms with Gasteiger partial charge < -0.3 is 10.2 Å². The molecule has 1 N–H and O–H groups in total. The first-order valence-electron chi connectivity index (χ1n) is 8.54. The Morgan fingerprint density at radius 2 is 1.65 bits per heavy atom. The van der Waals surface area contributed by atoms with Gasteiger partial charge in [-0.3, -0.25) is 0 Å². The zero-order valence-electron chi connectivity index (χ0n) is 13.5. The SMILES string of the molecule is Brc1ccccc1CNC1CCN(CCc2ccccc2)CC1. The van der Waals surface area contributed by atoms with Gasteiger partial charge in [-0.25, -0.2) is 0 Å². The highest BCUT2D eigenvalue weighted by Gasteiger charge is 2.18. The summed E-state index contributed by atoms with van der Waals surface area (Å²) in [5, 5.41) is 3.72. The summed E-state index contributed by atoms with van der Waals surface area (Å²) in [5.41, 5.74) is 2.79. The van der Waals surface area contributed by atoms with Crippen LogP contribution in [0.3, 0.4) is 0 Å². The topological polar surface area (TPSA) is 15.3 Å². The average molecular weight is 373 g/mol. The number of nitrogens with one attached hydrogen (secondary N) is 1. The number of hydrogen-bond donors (Lipinski definition) is 1. The Morgan fingerprint density at radius 3 is 2.39 bits per heavy atom. The van der Waals surface area contributed by atoms with Crippen molar-refractivity contribution in [3.8, 4) is 0 Å². The van der Waals surface area contributed by atoms with E-state index in [-0.39, 0.29) is 0 Å². The van der Waals surface area contributed by atoms with E-state index in [0.717, 1.165) is 13.0 Å². The van der Waals surface area contributed by atoms with Crippen LogP contribution < -0.4 is 5.32 Å². The predicted octanol–water partition coefficient (Wildman–Crippen LogP) is 4.25. The van der Waals surface area contributed by atoms with E-state index in [1.165, 1.54) is 48.1 Å². The van der Waals surface area contributed by atoms with Gasteiger partial charge in [-0.15, -0.1) is 0 Å². The van der Waals surface area contributed by atoms with Crippen LogP contribution in [0.1, 0.15) is 24.0 Å². The summed E-state index contributed by atoms with van der Waals surface area (Å²) in [6.45, 7) is 4.55. The van der Waals surface area contributed by atoms with Crippen molar-refractivity contribution >= 4 is 15.9 Å². The number of nitrogens with zero attached hydrogens (tertiary/aromatic N) is 1. The van der Waals surface area contributed by atoms with Gasteiger partial charge in [0.05, 0.1) is 0 Å². The minimum Gasteiger partial charge on any atom is -0.310 e. The molecule has 122 valence electrons. The molecule has 0 saturated carbocycles. The normalized spacial score (nSPS) is 16.6. The van der Waals surface area contributed by atoms with Crippen molar-refractivity contribution in [3.63, 3.8) is 0 Å². The Morgan fingerprint density at radius 1 is 0.957 bits per heavy atom. The fourth-order valence-electron chi connectivity index (χ4n) is 3.19. The van der Waals surface area contributed by atoms with E-state index >= 15 is 0 Å². The highest BCUT2D eigenvalue weighted by atomic mass is 79.9. The van der Waals surface area contributed by atoms with E-state index in [1.54, 1.807) is 0 Å². The van der Waals surface area contributed by atoms with Crippen molar-refractivity contribution in [2.45, 2.75) is 31.8 Å². The Hall–Kier alpha value is -1.16. The number of rotatable bonds is 6. The van der Waals surface area contributed by atoms with Crippen LogP contribution in [0.5, 0.6) is 0 Å². The van der Waals surface area contributed by atoms with Crippen LogP contribution in [-0.4, -0.2) is 30.6 Å². The van der Waals surface area contributed by atoms with E-state index in [1.807, 2.05) is 0 Å². The summed E-state index contributed by atoms with van der Waals surface area (Å²) in [6.07, 6.45) is 3.66. The Kier molecular flexibility index (Phi) is 6.26. The van der Waals surface area contributed by atoms with Crippen LogP contribution >= 0.6 is 15.9 Å². The van der Waals surface area contributed by atoms with Crippen molar-refractivity contribution in [2.24, 2.45) is 0 Å². The minimum atomic E-state index is 0.648. The maximum atomic E-state index is 3.72. The van der Waals surface area contributed by atoms with Crippen LogP contribution in [0.4, 0.5) is 0 Å². The average Bonchev–Trinajstić information content (AvgIpc) is 2.61. The lowest BCUT2D eigenvalue weighted by molar-refractivity contribution is 0.199. The summed E-state index contributed by atoms with van der Waals surface area (Å²) in [7, 11) is 0. The molecule has 23 heavy (non-hydrogen) atoms. The third kappa shape index (κ3) is 5.17. The maximum Gasteiger partial charge on any atom is 0.0220 e. The first-order valence-corrected chi connectivity index (χ1v) is 9.33. The molecule has 1 saturated heterocycles. The maximum absolute atomic E-state index is 3.72. The number of likely N-dealkylation sites (tertiary alicyclic amines) is 1. The highest BCUT2D eigenvalue weighted by Crippen LogP contribution is 2.17. The smallest absolute Gasteiger partial charge is 0.0220 e. The quantitative estimate of drug-likeness (QED) is 0.815. The van der Waals surface area contributed by atoms with Gasteiger partial charge in [0, 0.05) is 23.6 Å². The summed E-state index contributed by atoms with van der Waals surface area (Å²) in [5.74, 6) is 0. The second-order valence-electron chi connectivity index (χ2n) is 6.32. The predicted molar refractivity (Wildman–Crippen MR) is 101 cm³/mol. The molecule has 0 radical (unpaired) electrons. The van der Waals surface area contributed by atoms with Crippen LogP contribution in [0.15, 0.2) is 59.1 Å². The molecule has 1 aliphatic rings. The highest BCUT2D eigenvalue weighted by molar-refractivity contribution is 9.10. The third-order valence-electron chi connectivity index (χ3n) is 4.69. The molecule has 0 aromatic heterocycles. The molecule has 0 atom stereocenters. The first-order chi connectivity index (χ1) is 11.3. The van der Waals surface area contributed by atoms with Crippen molar-refractivity contribution in [2.75, 3.05) is 19.6 Å². The van der Waals surface area contributed by atoms with Crippen LogP contribution in [-0.2, 0) is 13.0 Å². The van der Waals surface area contributed by atoms with E-state index in [2.05, 4.69) is 80.7 Å². The molecular weight excluding hydrogens is 348 g/mol. The largest absolute Gasteiger partial charge is 0.310 e. The molecule has 2 aromatic rings. The Bertz CT molecular complexity index is 592. The lowest BCUT2D eigenvalue weighted by atomic mass is 10.0. The van der Waals surface area contributed by atoms with Gasteiger partial charge in [-0.1, -0.05) is 64.5 Å². The molecule has 2 aromatic carbocycles. The van der Waals surface area contributed by atoms with E-state index < -0.39 is 0 Å². The van der Waals surface area contributed by atoms with Gasteiger partial charge in [-0.05, 0) is 49.5 Å². The summed E-state index contributed by atoms with van der Waals surface area (Å²) < 4.78 is 1.20. The Labute approximate surface area is 148 Å². The van der Waals surface area contributed by atoms with Crippen molar-refractivity contribution < 1.29 is 0 Å². The van der Waals surface area contributed by atoms with Crippen molar-refractivity contribution in [3.05, 3.63) is 70.2 Å². The second-order valence-corrected chi connectivity index (χ2v) is 7.18. The van der Waals surface area contributed by atoms with Crippen LogP contribution in [0, 0.1) is 0 Å². The van der Waals surface area contributed by atoms with Gasteiger partial charge >= 0.3 is 0 Å². The number of piperidine rings is 1. The Balaban J connectivity index is 1.38. The fraction of sp³-hybridized carbons (Fsp3) is 0.400. The molecule has 1 fully saturated rings. The molecule has 3 heteroatoms. The van der Waals surface area contributed by atoms with Crippen molar-refractivity contribution in [1.29, 1.82) is 0 Å². The van der Waals surface area contributed by atoms with E-state index in [9.17, 15) is 0 Å². The van der Waals surface area contributed by atoms with Gasteiger partial charge in [0.2, 0.25) is 0 Å². The number of halogens is 1. The molecule has 1 heterocycles. The number of benzene rings is 2. The summed E-state index contributed by atoms with van der Waals surface area (Å²) in [4.78, 5) is 2.60. The van der Waals surface area contributed by atoms with Crippen LogP contribution in [0.2, 0.25) is 0 Å². The first kappa shape index (κ1) is 16.7. The fourth-order valence-corrected chi connectivity index (χ4v) is 3.61. The zero-order chi connectivity index (χ0) is 15.9. The lowest BCUT2D eigenvalue weighted by Crippen LogP contribution is -2.42. The monoisotopic (exact) mass is 372 g/mol. The van der Waals surface area contributed by atoms with E-state index in [0.29, 0.717) is 6.04 Å². The molecule has 0 amide bonds. The van der Waals surface area contributed by atoms with Crippen LogP contribution in [0.25, 0.3) is 0 Å². The minimum absolute atomic E-state index is 0.648. The van der Waals surface area contributed by atoms with Crippen molar-refractivity contribution in [1.82, 2.24) is 10.2 Å². The van der Waals surface area contributed by atoms with Gasteiger partial charge in [0.25, 0.3) is 0 Å². The van der Waals surface area contributed by atoms with Gasteiger partial charge in [0.15, 0.2) is 0 Å². The zero-order valence-corrected chi connectivity index (χ0v) is 15.1. The molecule has 0 bridgehead atoms. The third-order valence-corrected chi connectivity index (χ3v) is 5.46. The molecule has 1 aliphatic heterocycles. The lowest BCUT2D eigenvalue weighted by Gasteiger charge is -2.32. The summed E-state index contributed by atoms with van der Waals surface area (Å²) in [6, 6.07) is 19.9. The molecular formula is C20H25BrN2. The van der Waals surface area contributed by atoms with E-state index in [4.69, 9.17) is 0 Å². The standard InChI is InChI=1S/C20H25BrN2/c21-20-9-5-4-8-18(20)16-22-19-11-14-23(15-12-19)13-10-17-6-2-1-3-7-17/h1-9,19,22H,10-16H2. The molecule has 2 nitrogen and oxygen atoms in total. The molecule has 0 unspecified atom stereocenters. The summed E-state index contributed by atoms with van der Waals surface area (Å²) >= 11 is 3.63. The molecule has 0 aliphatic carbocycles. The number of hydrogen-bond acceptors (Lipinski definition) is 2. The molecule has 3 rings (SSSR count). The van der Waals surface area contributed by atoms with Gasteiger partial charge in [0.1, 0.15) is 0 Å². The molecule has 0 spiro atoms.